The Morgan fingerprint density at radius 2 is 1.71 bits per heavy atom. The van der Waals surface area contributed by atoms with Crippen molar-refractivity contribution < 1.29 is 4.79 Å². The topological polar surface area (TPSA) is 53.4 Å². The zero-order valence-electron chi connectivity index (χ0n) is 16.3. The fourth-order valence-corrected chi connectivity index (χ4v) is 3.54. The number of benzene rings is 2. The predicted octanol–water partition coefficient (Wildman–Crippen LogP) is 3.84. The molecule has 0 unspecified atom stereocenters. The van der Waals surface area contributed by atoms with Crippen molar-refractivity contribution in [3.63, 3.8) is 0 Å². The molecule has 3 aromatic rings. The standard InChI is InChI=1S/C22H25N5O/c1-17-7-6-10-21(18(17)2)25-11-13-26(14-12-25)22(28)24-19-15-23-27(16-19)20-8-4-3-5-9-20/h3-10,15-16H,11-14H2,1-2H3,(H,24,28). The van der Waals surface area contributed by atoms with Gasteiger partial charge in [0, 0.05) is 31.9 Å². The second-order valence-corrected chi connectivity index (χ2v) is 7.13. The molecule has 2 heterocycles. The summed E-state index contributed by atoms with van der Waals surface area (Å²) in [5, 5.41) is 7.29. The molecule has 2 aromatic carbocycles. The monoisotopic (exact) mass is 375 g/mol. The second-order valence-electron chi connectivity index (χ2n) is 7.13. The summed E-state index contributed by atoms with van der Waals surface area (Å²) in [6, 6.07) is 16.2. The van der Waals surface area contributed by atoms with E-state index in [1.54, 1.807) is 10.9 Å². The van der Waals surface area contributed by atoms with Gasteiger partial charge in [-0.25, -0.2) is 9.48 Å². The molecule has 1 aliphatic heterocycles. The molecule has 1 aromatic heterocycles. The summed E-state index contributed by atoms with van der Waals surface area (Å²) >= 11 is 0. The van der Waals surface area contributed by atoms with Crippen LogP contribution in [0.5, 0.6) is 0 Å². The third-order valence-corrected chi connectivity index (χ3v) is 5.34. The number of nitrogens with one attached hydrogen (secondary N) is 1. The largest absolute Gasteiger partial charge is 0.368 e. The van der Waals surface area contributed by atoms with Crippen LogP contribution in [0.1, 0.15) is 11.1 Å². The zero-order valence-corrected chi connectivity index (χ0v) is 16.3. The third-order valence-electron chi connectivity index (χ3n) is 5.34. The maximum absolute atomic E-state index is 12.6. The van der Waals surface area contributed by atoms with Crippen LogP contribution >= 0.6 is 0 Å². The van der Waals surface area contributed by atoms with Crippen molar-refractivity contribution in [2.24, 2.45) is 0 Å². The maximum atomic E-state index is 12.6. The van der Waals surface area contributed by atoms with Gasteiger partial charge in [-0.15, -0.1) is 0 Å². The highest BCUT2D eigenvalue weighted by molar-refractivity contribution is 5.89. The van der Waals surface area contributed by atoms with Crippen LogP contribution in [-0.2, 0) is 0 Å². The Labute approximate surface area is 165 Å². The molecule has 0 aliphatic carbocycles. The quantitative estimate of drug-likeness (QED) is 0.757. The fourth-order valence-electron chi connectivity index (χ4n) is 3.54. The molecule has 4 rings (SSSR count). The molecule has 0 spiro atoms. The Hall–Kier alpha value is -3.28. The summed E-state index contributed by atoms with van der Waals surface area (Å²) in [6.45, 7) is 7.37. The fraction of sp³-hybridized carbons (Fsp3) is 0.273. The molecule has 6 nitrogen and oxygen atoms in total. The Morgan fingerprint density at radius 1 is 0.964 bits per heavy atom. The number of hydrogen-bond donors (Lipinski definition) is 1. The first-order valence-corrected chi connectivity index (χ1v) is 9.59. The lowest BCUT2D eigenvalue weighted by Crippen LogP contribution is -2.50. The van der Waals surface area contributed by atoms with Crippen molar-refractivity contribution in [2.75, 3.05) is 36.4 Å². The molecule has 2 amide bonds. The Morgan fingerprint density at radius 3 is 2.46 bits per heavy atom. The summed E-state index contributed by atoms with van der Waals surface area (Å²) in [6.07, 6.45) is 3.51. The van der Waals surface area contributed by atoms with Crippen molar-refractivity contribution in [1.29, 1.82) is 0 Å². The minimum absolute atomic E-state index is 0.0757. The SMILES string of the molecule is Cc1cccc(N2CCN(C(=O)Nc3cnn(-c4ccccc4)c3)CC2)c1C. The molecule has 1 saturated heterocycles. The van der Waals surface area contributed by atoms with Gasteiger partial charge >= 0.3 is 6.03 Å². The van der Waals surface area contributed by atoms with Gasteiger partial charge in [0.25, 0.3) is 0 Å². The molecule has 0 saturated carbocycles. The van der Waals surface area contributed by atoms with Crippen molar-refractivity contribution >= 4 is 17.4 Å². The van der Waals surface area contributed by atoms with E-state index in [1.165, 1.54) is 16.8 Å². The highest BCUT2D eigenvalue weighted by Gasteiger charge is 2.22. The molecule has 6 heteroatoms. The normalized spacial score (nSPS) is 14.2. The van der Waals surface area contributed by atoms with Gasteiger partial charge in [0.15, 0.2) is 0 Å². The lowest BCUT2D eigenvalue weighted by Gasteiger charge is -2.36. The van der Waals surface area contributed by atoms with Gasteiger partial charge < -0.3 is 15.1 Å². The van der Waals surface area contributed by atoms with E-state index in [9.17, 15) is 4.79 Å². The molecule has 1 aliphatic rings. The lowest BCUT2D eigenvalue weighted by atomic mass is 10.1. The van der Waals surface area contributed by atoms with Crippen LogP contribution in [0, 0.1) is 13.8 Å². The number of carbonyl (C=O) groups is 1. The number of carbonyl (C=O) groups excluding carboxylic acids is 1. The molecule has 1 fully saturated rings. The van der Waals surface area contributed by atoms with Crippen LogP contribution in [0.4, 0.5) is 16.2 Å². The van der Waals surface area contributed by atoms with Gasteiger partial charge in [0.1, 0.15) is 0 Å². The number of aryl methyl sites for hydroxylation is 1. The first-order valence-electron chi connectivity index (χ1n) is 9.59. The minimum atomic E-state index is -0.0757. The number of anilines is 2. The van der Waals surface area contributed by atoms with E-state index in [4.69, 9.17) is 0 Å². The van der Waals surface area contributed by atoms with Crippen molar-refractivity contribution in [3.8, 4) is 5.69 Å². The Kier molecular flexibility index (Phi) is 5.02. The second kappa shape index (κ2) is 7.76. The Balaban J connectivity index is 1.36. The molecule has 0 bridgehead atoms. The van der Waals surface area contributed by atoms with Crippen molar-refractivity contribution in [2.45, 2.75) is 13.8 Å². The van der Waals surface area contributed by atoms with Crippen LogP contribution in [0.15, 0.2) is 60.9 Å². The summed E-state index contributed by atoms with van der Waals surface area (Å²) in [5.41, 5.74) is 5.54. The number of para-hydroxylation sites is 1. The number of piperazine rings is 1. The third kappa shape index (κ3) is 3.71. The van der Waals surface area contributed by atoms with Gasteiger partial charge in [-0.3, -0.25) is 0 Å². The van der Waals surface area contributed by atoms with E-state index in [-0.39, 0.29) is 6.03 Å². The van der Waals surface area contributed by atoms with Gasteiger partial charge in [-0.2, -0.15) is 5.10 Å². The molecule has 28 heavy (non-hydrogen) atoms. The van der Waals surface area contributed by atoms with Gasteiger partial charge in [0.2, 0.25) is 0 Å². The smallest absolute Gasteiger partial charge is 0.322 e. The number of aromatic nitrogens is 2. The number of rotatable bonds is 3. The average molecular weight is 375 g/mol. The molecule has 0 radical (unpaired) electrons. The van der Waals surface area contributed by atoms with Crippen LogP contribution in [0.2, 0.25) is 0 Å². The van der Waals surface area contributed by atoms with Crippen molar-refractivity contribution in [3.05, 3.63) is 72.1 Å². The van der Waals surface area contributed by atoms with Gasteiger partial charge in [-0.1, -0.05) is 30.3 Å². The van der Waals surface area contributed by atoms with E-state index in [2.05, 4.69) is 47.4 Å². The Bertz CT molecular complexity index is 958. The number of amides is 2. The molecule has 144 valence electrons. The van der Waals surface area contributed by atoms with Crippen LogP contribution in [0.25, 0.3) is 5.69 Å². The van der Waals surface area contributed by atoms with Crippen LogP contribution < -0.4 is 10.2 Å². The highest BCUT2D eigenvalue weighted by Crippen LogP contribution is 2.24. The molecular formula is C22H25N5O. The first-order chi connectivity index (χ1) is 13.6. The molecule has 1 N–H and O–H groups in total. The number of nitrogens with zero attached hydrogens (tertiary/aromatic N) is 4. The number of hydrogen-bond acceptors (Lipinski definition) is 3. The first kappa shape index (κ1) is 18.1. The highest BCUT2D eigenvalue weighted by atomic mass is 16.2. The van der Waals surface area contributed by atoms with E-state index in [1.807, 2.05) is 41.4 Å². The summed E-state index contributed by atoms with van der Waals surface area (Å²) in [7, 11) is 0. The molecular weight excluding hydrogens is 350 g/mol. The zero-order chi connectivity index (χ0) is 19.5. The van der Waals surface area contributed by atoms with Crippen LogP contribution in [0.3, 0.4) is 0 Å². The van der Waals surface area contributed by atoms with Crippen molar-refractivity contribution in [1.82, 2.24) is 14.7 Å². The summed E-state index contributed by atoms with van der Waals surface area (Å²) < 4.78 is 1.76. The minimum Gasteiger partial charge on any atom is -0.368 e. The summed E-state index contributed by atoms with van der Waals surface area (Å²) in [4.78, 5) is 16.9. The maximum Gasteiger partial charge on any atom is 0.322 e. The van der Waals surface area contributed by atoms with Gasteiger partial charge in [-0.05, 0) is 43.2 Å². The number of urea groups is 1. The molecule has 0 atom stereocenters. The van der Waals surface area contributed by atoms with E-state index < -0.39 is 0 Å². The van der Waals surface area contributed by atoms with E-state index in [0.29, 0.717) is 18.8 Å². The predicted molar refractivity (Wildman–Crippen MR) is 112 cm³/mol. The summed E-state index contributed by atoms with van der Waals surface area (Å²) in [5.74, 6) is 0. The van der Waals surface area contributed by atoms with E-state index >= 15 is 0 Å². The van der Waals surface area contributed by atoms with Gasteiger partial charge in [0.05, 0.1) is 23.8 Å². The lowest BCUT2D eigenvalue weighted by molar-refractivity contribution is 0.208. The van der Waals surface area contributed by atoms with Crippen LogP contribution in [-0.4, -0.2) is 46.9 Å². The van der Waals surface area contributed by atoms with E-state index in [0.717, 1.165) is 18.8 Å². The average Bonchev–Trinajstić information content (AvgIpc) is 3.19.